The van der Waals surface area contributed by atoms with Gasteiger partial charge in [-0.25, -0.2) is 0 Å². The Kier molecular flexibility index (Phi) is 11.0. The minimum absolute atomic E-state index is 0.0612. The number of allylic oxidation sites excluding steroid dienone is 5. The van der Waals surface area contributed by atoms with Gasteiger partial charge in [0.1, 0.15) is 53.1 Å². The van der Waals surface area contributed by atoms with Gasteiger partial charge in [-0.05, 0) is 90.2 Å². The van der Waals surface area contributed by atoms with E-state index in [1.54, 1.807) is 12.1 Å². The number of fused-ring (bicyclic) bond motifs is 3. The first-order valence-corrected chi connectivity index (χ1v) is 19.1. The quantitative estimate of drug-likeness (QED) is 0.121. The van der Waals surface area contributed by atoms with E-state index in [9.17, 15) is 31.6 Å². The first-order valence-electron chi connectivity index (χ1n) is 19.1. The average Bonchev–Trinajstić information content (AvgIpc) is 3.56. The molecule has 0 fully saturated rings. The zero-order chi connectivity index (χ0) is 42.8. The van der Waals surface area contributed by atoms with Crippen molar-refractivity contribution >= 4 is 22.4 Å². The van der Waals surface area contributed by atoms with Gasteiger partial charge in [0, 0.05) is 42.1 Å². The summed E-state index contributed by atoms with van der Waals surface area (Å²) >= 11 is 0. The Labute approximate surface area is 347 Å². The van der Waals surface area contributed by atoms with Crippen molar-refractivity contribution in [3.63, 3.8) is 0 Å². The van der Waals surface area contributed by atoms with Crippen molar-refractivity contribution in [1.29, 1.82) is 31.6 Å². The first-order chi connectivity index (χ1) is 28.1. The summed E-state index contributed by atoms with van der Waals surface area (Å²) in [5.74, 6) is 0. The lowest BCUT2D eigenvalue weighted by Crippen LogP contribution is -2.11. The summed E-state index contributed by atoms with van der Waals surface area (Å²) in [6.45, 7) is 12.8. The summed E-state index contributed by atoms with van der Waals surface area (Å²) < 4.78 is 0. The van der Waals surface area contributed by atoms with Crippen molar-refractivity contribution in [3.05, 3.63) is 153 Å². The fourth-order valence-corrected chi connectivity index (χ4v) is 7.68. The molecule has 0 N–H and O–H groups in total. The van der Waals surface area contributed by atoms with Gasteiger partial charge in [-0.3, -0.25) is 0 Å². The summed E-state index contributed by atoms with van der Waals surface area (Å²) in [5.41, 5.74) is 9.27. The van der Waals surface area contributed by atoms with Crippen LogP contribution in [0.1, 0.15) is 74.9 Å². The van der Waals surface area contributed by atoms with Crippen molar-refractivity contribution in [2.24, 2.45) is 0 Å². The number of benzene rings is 5. The molecule has 0 amide bonds. The van der Waals surface area contributed by atoms with Crippen LogP contribution in [0.25, 0.3) is 50.1 Å². The molecule has 6 rings (SSSR count). The van der Waals surface area contributed by atoms with E-state index in [4.69, 9.17) is 0 Å². The number of hydrogen-bond acceptors (Lipinski definition) is 7. The monoisotopic (exact) mass is 763 g/mol. The highest BCUT2D eigenvalue weighted by molar-refractivity contribution is 6.19. The largest absolute Gasteiger partial charge is 0.378 e. The van der Waals surface area contributed by atoms with Gasteiger partial charge in [-0.2, -0.15) is 31.6 Å². The summed E-state index contributed by atoms with van der Waals surface area (Å²) in [6, 6.07) is 45.7. The lowest BCUT2D eigenvalue weighted by Gasteiger charge is -2.25. The van der Waals surface area contributed by atoms with Gasteiger partial charge in [0.05, 0.1) is 0 Å². The van der Waals surface area contributed by atoms with E-state index in [-0.39, 0.29) is 38.7 Å². The molecule has 0 aliphatic heterocycles. The van der Waals surface area contributed by atoms with Crippen molar-refractivity contribution in [2.45, 2.75) is 52.4 Å². The maximum Gasteiger partial charge on any atom is 0.138 e. The summed E-state index contributed by atoms with van der Waals surface area (Å²) in [4.78, 5) is 1.92. The first kappa shape index (κ1) is 40.7. The van der Waals surface area contributed by atoms with E-state index in [0.29, 0.717) is 44.5 Å². The van der Waals surface area contributed by atoms with E-state index in [0.717, 1.165) is 33.5 Å². The third kappa shape index (κ3) is 7.39. The molecule has 0 aromatic heterocycles. The van der Waals surface area contributed by atoms with Gasteiger partial charge in [0.25, 0.3) is 0 Å². The van der Waals surface area contributed by atoms with Crippen LogP contribution in [0.15, 0.2) is 120 Å². The van der Waals surface area contributed by atoms with Crippen LogP contribution in [0.5, 0.6) is 0 Å². The van der Waals surface area contributed by atoms with Gasteiger partial charge >= 0.3 is 0 Å². The maximum atomic E-state index is 10.8. The molecule has 1 aliphatic rings. The van der Waals surface area contributed by atoms with E-state index in [2.05, 4.69) is 90.1 Å². The SMILES string of the molecule is CN(C)c1ccc(C(=C(C#N)C#N)C(=C(C#N)C#N)c2cc(-c3ccc(C(C)(C)C)cc3)c3c(c2-c2ccc(C(C)(C)C)cc2)-c2ccccc2C3=C(C#N)C#N)cc1. The molecule has 1 aliphatic carbocycles. The van der Waals surface area contributed by atoms with Gasteiger partial charge in [0.15, 0.2) is 0 Å². The molecule has 0 heterocycles. The molecule has 0 radical (unpaired) electrons. The van der Waals surface area contributed by atoms with Crippen molar-refractivity contribution in [2.75, 3.05) is 19.0 Å². The van der Waals surface area contributed by atoms with Gasteiger partial charge in [-0.15, -0.1) is 0 Å². The Bertz CT molecular complexity index is 2830. The molecule has 5 aromatic carbocycles. The van der Waals surface area contributed by atoms with Crippen LogP contribution >= 0.6 is 0 Å². The fraction of sp³-hybridized carbons (Fsp3) is 0.192. The molecule has 284 valence electrons. The zero-order valence-corrected chi connectivity index (χ0v) is 34.4. The predicted molar refractivity (Wildman–Crippen MR) is 234 cm³/mol. The van der Waals surface area contributed by atoms with E-state index in [1.165, 1.54) is 0 Å². The minimum Gasteiger partial charge on any atom is -0.378 e. The number of nitriles is 6. The molecular formula is C52H41N7. The smallest absolute Gasteiger partial charge is 0.138 e. The van der Waals surface area contributed by atoms with Crippen molar-refractivity contribution in [3.8, 4) is 69.8 Å². The number of hydrogen-bond donors (Lipinski definition) is 0. The Hall–Kier alpha value is -7.94. The second-order valence-corrected chi connectivity index (χ2v) is 16.7. The number of nitrogens with zero attached hydrogens (tertiary/aromatic N) is 7. The molecule has 0 spiro atoms. The summed E-state index contributed by atoms with van der Waals surface area (Å²) in [7, 11) is 3.80. The molecular weight excluding hydrogens is 723 g/mol. The molecule has 7 heteroatoms. The second kappa shape index (κ2) is 15.9. The Morgan fingerprint density at radius 2 is 0.949 bits per heavy atom. The van der Waals surface area contributed by atoms with Gasteiger partial charge < -0.3 is 4.90 Å². The average molecular weight is 764 g/mol. The van der Waals surface area contributed by atoms with Crippen LogP contribution in [-0.2, 0) is 10.8 Å². The second-order valence-electron chi connectivity index (χ2n) is 16.7. The van der Waals surface area contributed by atoms with Crippen LogP contribution in [-0.4, -0.2) is 14.1 Å². The van der Waals surface area contributed by atoms with Crippen LogP contribution in [0.2, 0.25) is 0 Å². The Morgan fingerprint density at radius 1 is 0.475 bits per heavy atom. The van der Waals surface area contributed by atoms with Crippen molar-refractivity contribution in [1.82, 2.24) is 0 Å². The highest BCUT2D eigenvalue weighted by Gasteiger charge is 2.36. The molecule has 0 unspecified atom stereocenters. The topological polar surface area (TPSA) is 146 Å². The summed E-state index contributed by atoms with van der Waals surface area (Å²) in [6.07, 6.45) is 0. The molecule has 59 heavy (non-hydrogen) atoms. The van der Waals surface area contributed by atoms with Crippen molar-refractivity contribution < 1.29 is 0 Å². The third-order valence-corrected chi connectivity index (χ3v) is 10.8. The Balaban J connectivity index is 1.93. The normalized spacial score (nSPS) is 11.3. The van der Waals surface area contributed by atoms with E-state index in [1.807, 2.05) is 97.9 Å². The maximum absolute atomic E-state index is 10.8. The molecule has 0 bridgehead atoms. The minimum atomic E-state index is -0.294. The van der Waals surface area contributed by atoms with Crippen LogP contribution < -0.4 is 4.90 Å². The van der Waals surface area contributed by atoms with Gasteiger partial charge in [-0.1, -0.05) is 126 Å². The van der Waals surface area contributed by atoms with E-state index >= 15 is 0 Å². The molecule has 0 saturated carbocycles. The van der Waals surface area contributed by atoms with Crippen LogP contribution in [0, 0.1) is 68.0 Å². The van der Waals surface area contributed by atoms with Gasteiger partial charge in [0.2, 0.25) is 0 Å². The van der Waals surface area contributed by atoms with E-state index < -0.39 is 0 Å². The van der Waals surface area contributed by atoms with Crippen LogP contribution in [0.4, 0.5) is 5.69 Å². The standard InChI is InChI=1S/C52H41N7/c1-51(2,3)38-19-13-32(14-20-38)43-25-44(48(37(30-57)31-58)45(35(26-53)27-54)33-17-23-40(24-18-33)59(7)8)46(34-15-21-39(22-16-34)52(4,5)6)49-42-12-10-9-11-41(42)47(50(43)49)36(28-55)29-56/h9-25H,1-8H3. The third-order valence-electron chi connectivity index (χ3n) is 10.8. The highest BCUT2D eigenvalue weighted by Crippen LogP contribution is 2.56. The number of rotatable bonds is 6. The molecule has 7 nitrogen and oxygen atoms in total. The number of anilines is 1. The lowest BCUT2D eigenvalue weighted by atomic mass is 9.77. The zero-order valence-electron chi connectivity index (χ0n) is 34.4. The fourth-order valence-electron chi connectivity index (χ4n) is 7.68. The van der Waals surface area contributed by atoms with Crippen LogP contribution in [0.3, 0.4) is 0 Å². The highest BCUT2D eigenvalue weighted by atomic mass is 15.1. The Morgan fingerprint density at radius 3 is 1.41 bits per heavy atom. The molecule has 0 saturated heterocycles. The summed E-state index contributed by atoms with van der Waals surface area (Å²) in [5, 5.41) is 63.7. The predicted octanol–water partition coefficient (Wildman–Crippen LogP) is 11.8. The molecule has 5 aromatic rings. The lowest BCUT2D eigenvalue weighted by molar-refractivity contribution is 0.590. The molecule has 0 atom stereocenters.